The van der Waals surface area contributed by atoms with Crippen LogP contribution in [0.1, 0.15) is 30.1 Å². The maximum Gasteiger partial charge on any atom is 0.256 e. The average molecular weight is 303 g/mol. The molecule has 1 aromatic rings. The minimum atomic E-state index is 0.0301. The number of carbonyl (C=O) groups is 1. The highest BCUT2D eigenvalue weighted by Crippen LogP contribution is 2.28. The SMILES string of the molecule is C[C@@H]1CCCN1C(=O)c1c(Cl)cccc1Br. The van der Waals surface area contributed by atoms with Crippen LogP contribution < -0.4 is 0 Å². The Morgan fingerprint density at radius 3 is 2.88 bits per heavy atom. The van der Waals surface area contributed by atoms with E-state index < -0.39 is 0 Å². The van der Waals surface area contributed by atoms with Gasteiger partial charge in [-0.15, -0.1) is 0 Å². The molecule has 1 aromatic carbocycles. The minimum absolute atomic E-state index is 0.0301. The van der Waals surface area contributed by atoms with E-state index in [1.807, 2.05) is 17.0 Å². The Hall–Kier alpha value is -0.540. The highest BCUT2D eigenvalue weighted by Gasteiger charge is 2.28. The zero-order chi connectivity index (χ0) is 11.7. The lowest BCUT2D eigenvalue weighted by Gasteiger charge is -2.22. The van der Waals surface area contributed by atoms with Crippen LogP contribution in [0.2, 0.25) is 5.02 Å². The van der Waals surface area contributed by atoms with Crippen molar-refractivity contribution in [1.29, 1.82) is 0 Å². The summed E-state index contributed by atoms with van der Waals surface area (Å²) in [6, 6.07) is 5.74. The molecule has 4 heteroatoms. The fraction of sp³-hybridized carbons (Fsp3) is 0.417. The van der Waals surface area contributed by atoms with E-state index in [0.717, 1.165) is 23.9 Å². The van der Waals surface area contributed by atoms with Gasteiger partial charge in [-0.1, -0.05) is 17.7 Å². The molecule has 16 heavy (non-hydrogen) atoms. The molecule has 0 aliphatic carbocycles. The van der Waals surface area contributed by atoms with Crippen molar-refractivity contribution in [2.75, 3.05) is 6.54 Å². The van der Waals surface area contributed by atoms with Crippen LogP contribution in [0, 0.1) is 0 Å². The monoisotopic (exact) mass is 301 g/mol. The molecular weight excluding hydrogens is 289 g/mol. The number of hydrogen-bond donors (Lipinski definition) is 0. The third-order valence-corrected chi connectivity index (χ3v) is 3.97. The van der Waals surface area contributed by atoms with E-state index in [0.29, 0.717) is 16.6 Å². The molecule has 0 spiro atoms. The Bertz CT molecular complexity index is 401. The van der Waals surface area contributed by atoms with Gasteiger partial charge in [0, 0.05) is 17.1 Å². The van der Waals surface area contributed by atoms with Crippen molar-refractivity contribution >= 4 is 33.4 Å². The normalized spacial score (nSPS) is 20.2. The summed E-state index contributed by atoms with van der Waals surface area (Å²) in [5.41, 5.74) is 0.581. The average Bonchev–Trinajstić information content (AvgIpc) is 2.64. The summed E-state index contributed by atoms with van der Waals surface area (Å²) >= 11 is 9.46. The molecule has 1 atom stereocenters. The third kappa shape index (κ3) is 2.11. The van der Waals surface area contributed by atoms with Crippen LogP contribution in [-0.4, -0.2) is 23.4 Å². The second-order valence-corrected chi connectivity index (χ2v) is 5.35. The molecule has 86 valence electrons. The van der Waals surface area contributed by atoms with Crippen molar-refractivity contribution in [3.8, 4) is 0 Å². The van der Waals surface area contributed by atoms with Crippen LogP contribution in [0.25, 0.3) is 0 Å². The Labute approximate surface area is 109 Å². The molecule has 1 heterocycles. The van der Waals surface area contributed by atoms with Crippen molar-refractivity contribution in [3.05, 3.63) is 33.3 Å². The molecule has 0 saturated carbocycles. The topological polar surface area (TPSA) is 20.3 Å². The van der Waals surface area contributed by atoms with Crippen LogP contribution in [0.3, 0.4) is 0 Å². The minimum Gasteiger partial charge on any atom is -0.336 e. The predicted octanol–water partition coefficient (Wildman–Crippen LogP) is 3.73. The number of likely N-dealkylation sites (tertiary alicyclic amines) is 1. The molecule has 1 aliphatic rings. The quantitative estimate of drug-likeness (QED) is 0.774. The van der Waals surface area contributed by atoms with Gasteiger partial charge in [-0.2, -0.15) is 0 Å². The predicted molar refractivity (Wildman–Crippen MR) is 68.9 cm³/mol. The van der Waals surface area contributed by atoms with E-state index in [4.69, 9.17) is 11.6 Å². The van der Waals surface area contributed by atoms with Crippen molar-refractivity contribution < 1.29 is 4.79 Å². The molecule has 2 rings (SSSR count). The standard InChI is InChI=1S/C12H13BrClNO/c1-8-4-3-7-15(8)12(16)11-9(13)5-2-6-10(11)14/h2,5-6,8H,3-4,7H2,1H3/t8-/m1/s1. The molecule has 1 aliphatic heterocycles. The largest absolute Gasteiger partial charge is 0.336 e. The van der Waals surface area contributed by atoms with Crippen molar-refractivity contribution in [2.24, 2.45) is 0 Å². The molecule has 1 fully saturated rings. The van der Waals surface area contributed by atoms with Gasteiger partial charge in [0.2, 0.25) is 0 Å². The van der Waals surface area contributed by atoms with Crippen molar-refractivity contribution in [3.63, 3.8) is 0 Å². The number of amides is 1. The number of hydrogen-bond acceptors (Lipinski definition) is 1. The van der Waals surface area contributed by atoms with Crippen LogP contribution in [0.15, 0.2) is 22.7 Å². The molecule has 0 N–H and O–H groups in total. The fourth-order valence-electron chi connectivity index (χ4n) is 2.08. The van der Waals surface area contributed by atoms with Gasteiger partial charge in [0.15, 0.2) is 0 Å². The lowest BCUT2D eigenvalue weighted by atomic mass is 10.2. The molecule has 0 aromatic heterocycles. The molecule has 1 amide bonds. The lowest BCUT2D eigenvalue weighted by molar-refractivity contribution is 0.0746. The van der Waals surface area contributed by atoms with Crippen molar-refractivity contribution in [2.45, 2.75) is 25.8 Å². The van der Waals surface area contributed by atoms with Gasteiger partial charge in [0.25, 0.3) is 5.91 Å². The van der Waals surface area contributed by atoms with Crippen LogP contribution >= 0.6 is 27.5 Å². The van der Waals surface area contributed by atoms with Crippen LogP contribution in [-0.2, 0) is 0 Å². The molecular formula is C12H13BrClNO. The van der Waals surface area contributed by atoms with E-state index in [2.05, 4.69) is 22.9 Å². The molecule has 0 radical (unpaired) electrons. The number of halogens is 2. The summed E-state index contributed by atoms with van der Waals surface area (Å²) in [4.78, 5) is 14.2. The highest BCUT2D eigenvalue weighted by atomic mass is 79.9. The van der Waals surface area contributed by atoms with Gasteiger partial charge in [0.1, 0.15) is 0 Å². The second kappa shape index (κ2) is 4.76. The number of carbonyl (C=O) groups excluding carboxylic acids is 1. The smallest absolute Gasteiger partial charge is 0.256 e. The fourth-order valence-corrected chi connectivity index (χ4v) is 2.99. The zero-order valence-corrected chi connectivity index (χ0v) is 11.4. The Balaban J connectivity index is 2.33. The molecule has 0 bridgehead atoms. The number of nitrogens with zero attached hydrogens (tertiary/aromatic N) is 1. The van der Waals surface area contributed by atoms with Gasteiger partial charge in [0.05, 0.1) is 10.6 Å². The first kappa shape index (κ1) is 11.9. The van der Waals surface area contributed by atoms with Crippen LogP contribution in [0.4, 0.5) is 0 Å². The lowest BCUT2D eigenvalue weighted by Crippen LogP contribution is -2.34. The summed E-state index contributed by atoms with van der Waals surface area (Å²) < 4.78 is 0.768. The van der Waals surface area contributed by atoms with Gasteiger partial charge in [-0.25, -0.2) is 0 Å². The highest BCUT2D eigenvalue weighted by molar-refractivity contribution is 9.10. The van der Waals surface area contributed by atoms with Crippen LogP contribution in [0.5, 0.6) is 0 Å². The molecule has 2 nitrogen and oxygen atoms in total. The Morgan fingerprint density at radius 2 is 2.31 bits per heavy atom. The number of rotatable bonds is 1. The summed E-state index contributed by atoms with van der Waals surface area (Å²) in [5.74, 6) is 0.0301. The van der Waals surface area contributed by atoms with Gasteiger partial charge in [-0.05, 0) is 47.8 Å². The van der Waals surface area contributed by atoms with Gasteiger partial charge in [-0.3, -0.25) is 4.79 Å². The van der Waals surface area contributed by atoms with E-state index in [1.54, 1.807) is 6.07 Å². The number of benzene rings is 1. The van der Waals surface area contributed by atoms with Gasteiger partial charge >= 0.3 is 0 Å². The molecule has 0 unspecified atom stereocenters. The van der Waals surface area contributed by atoms with E-state index >= 15 is 0 Å². The maximum absolute atomic E-state index is 12.3. The first-order valence-corrected chi connectivity index (χ1v) is 6.53. The zero-order valence-electron chi connectivity index (χ0n) is 9.04. The summed E-state index contributed by atoms with van der Waals surface area (Å²) in [6.07, 6.45) is 2.16. The summed E-state index contributed by atoms with van der Waals surface area (Å²) in [6.45, 7) is 2.91. The van der Waals surface area contributed by atoms with Crippen molar-refractivity contribution in [1.82, 2.24) is 4.90 Å². The van der Waals surface area contributed by atoms with E-state index in [9.17, 15) is 4.79 Å². The van der Waals surface area contributed by atoms with E-state index in [1.165, 1.54) is 0 Å². The van der Waals surface area contributed by atoms with Gasteiger partial charge < -0.3 is 4.90 Å². The van der Waals surface area contributed by atoms with E-state index in [-0.39, 0.29) is 5.91 Å². The third-order valence-electron chi connectivity index (χ3n) is 2.99. The Kier molecular flexibility index (Phi) is 3.55. The molecule has 1 saturated heterocycles. The Morgan fingerprint density at radius 1 is 1.56 bits per heavy atom. The first-order chi connectivity index (χ1) is 7.61. The summed E-state index contributed by atoms with van der Waals surface area (Å²) in [7, 11) is 0. The second-order valence-electron chi connectivity index (χ2n) is 4.09. The first-order valence-electron chi connectivity index (χ1n) is 5.36. The summed E-state index contributed by atoms with van der Waals surface area (Å²) in [5, 5.41) is 0.512. The maximum atomic E-state index is 12.3.